The maximum Gasteiger partial charge on any atom is 0.0521 e. The summed E-state index contributed by atoms with van der Waals surface area (Å²) in [6, 6.07) is 17.4. The molecule has 4 aromatic rings. The molecule has 22 heavy (non-hydrogen) atoms. The van der Waals surface area contributed by atoms with Crippen LogP contribution in [0.15, 0.2) is 48.5 Å². The predicted octanol–water partition coefficient (Wildman–Crippen LogP) is 5.20. The van der Waals surface area contributed by atoms with Gasteiger partial charge in [-0.1, -0.05) is 36.4 Å². The summed E-state index contributed by atoms with van der Waals surface area (Å²) in [7, 11) is 0. The number of rotatable bonds is 0. The number of aromatic nitrogens is 2. The van der Waals surface area contributed by atoms with Gasteiger partial charge >= 0.3 is 0 Å². The third-order valence-corrected chi connectivity index (χ3v) is 4.95. The van der Waals surface area contributed by atoms with Crippen LogP contribution in [-0.2, 0) is 12.8 Å². The minimum Gasteiger partial charge on any atom is -0.358 e. The Morgan fingerprint density at radius 1 is 0.682 bits per heavy atom. The molecule has 2 N–H and O–H groups in total. The zero-order chi connectivity index (χ0) is 14.5. The molecule has 0 atom stereocenters. The molecule has 2 heteroatoms. The Hall–Kier alpha value is -2.48. The number of aryl methyl sites for hydroxylation is 2. The summed E-state index contributed by atoms with van der Waals surface area (Å²) in [5.41, 5.74) is 8.09. The SMILES string of the molecule is c1ccc2c3c([nH]c2c1)-c1c([nH]c2ccccc12)CCCC3. The van der Waals surface area contributed by atoms with Gasteiger partial charge in [0.1, 0.15) is 0 Å². The van der Waals surface area contributed by atoms with Crippen molar-refractivity contribution in [3.8, 4) is 11.3 Å². The highest BCUT2D eigenvalue weighted by Gasteiger charge is 2.21. The van der Waals surface area contributed by atoms with Crippen LogP contribution in [0, 0.1) is 0 Å². The monoisotopic (exact) mass is 286 g/mol. The molecule has 0 radical (unpaired) electrons. The van der Waals surface area contributed by atoms with Crippen molar-refractivity contribution in [3.05, 3.63) is 59.8 Å². The lowest BCUT2D eigenvalue weighted by Crippen LogP contribution is -1.98. The highest BCUT2D eigenvalue weighted by Crippen LogP contribution is 2.39. The highest BCUT2D eigenvalue weighted by atomic mass is 14.8. The average molecular weight is 286 g/mol. The van der Waals surface area contributed by atoms with Gasteiger partial charge in [-0.3, -0.25) is 0 Å². The minimum absolute atomic E-state index is 1.14. The van der Waals surface area contributed by atoms with Crippen molar-refractivity contribution in [2.45, 2.75) is 25.7 Å². The van der Waals surface area contributed by atoms with Crippen molar-refractivity contribution in [1.29, 1.82) is 0 Å². The first-order valence-corrected chi connectivity index (χ1v) is 8.11. The van der Waals surface area contributed by atoms with E-state index >= 15 is 0 Å². The fourth-order valence-corrected chi connectivity index (χ4v) is 3.95. The molecule has 0 saturated heterocycles. The van der Waals surface area contributed by atoms with Gasteiger partial charge in [-0.25, -0.2) is 0 Å². The quantitative estimate of drug-likeness (QED) is 0.445. The fourth-order valence-electron chi connectivity index (χ4n) is 3.95. The molecule has 2 nitrogen and oxygen atoms in total. The van der Waals surface area contributed by atoms with E-state index in [1.54, 1.807) is 0 Å². The van der Waals surface area contributed by atoms with Gasteiger partial charge in [-0.05, 0) is 43.4 Å². The van der Waals surface area contributed by atoms with Crippen LogP contribution in [0.4, 0.5) is 0 Å². The fraction of sp³-hybridized carbons (Fsp3) is 0.200. The molecule has 2 aromatic heterocycles. The summed E-state index contributed by atoms with van der Waals surface area (Å²) in [5, 5.41) is 2.72. The molecule has 2 heterocycles. The van der Waals surface area contributed by atoms with E-state index in [9.17, 15) is 0 Å². The van der Waals surface area contributed by atoms with E-state index < -0.39 is 0 Å². The molecule has 0 fully saturated rings. The zero-order valence-corrected chi connectivity index (χ0v) is 12.4. The van der Waals surface area contributed by atoms with Crippen LogP contribution in [0.5, 0.6) is 0 Å². The number of hydrogen-bond acceptors (Lipinski definition) is 0. The van der Waals surface area contributed by atoms with Gasteiger partial charge in [-0.15, -0.1) is 0 Å². The molecular weight excluding hydrogens is 268 g/mol. The van der Waals surface area contributed by atoms with E-state index in [4.69, 9.17) is 0 Å². The molecule has 0 aliphatic heterocycles. The second-order valence-corrected chi connectivity index (χ2v) is 6.26. The lowest BCUT2D eigenvalue weighted by Gasteiger charge is -2.11. The summed E-state index contributed by atoms with van der Waals surface area (Å²) in [6.45, 7) is 0. The van der Waals surface area contributed by atoms with E-state index in [-0.39, 0.29) is 0 Å². The molecule has 0 amide bonds. The topological polar surface area (TPSA) is 31.6 Å². The number of benzene rings is 2. The van der Waals surface area contributed by atoms with Crippen molar-refractivity contribution in [3.63, 3.8) is 0 Å². The standard InChI is InChI=1S/C20H18N2/c1-4-10-16-13(7-1)14-8-2-6-12-18-19(20(14)22-16)15-9-3-5-11-17(15)21-18/h1,3-5,7,9-11,21-22H,2,6,8,12H2. The van der Waals surface area contributed by atoms with Gasteiger partial charge in [0.15, 0.2) is 0 Å². The van der Waals surface area contributed by atoms with E-state index in [0.29, 0.717) is 0 Å². The number of para-hydroxylation sites is 2. The molecule has 0 unspecified atom stereocenters. The van der Waals surface area contributed by atoms with Crippen LogP contribution < -0.4 is 0 Å². The third-order valence-electron chi connectivity index (χ3n) is 4.95. The van der Waals surface area contributed by atoms with E-state index in [1.165, 1.54) is 57.2 Å². The summed E-state index contributed by atoms with van der Waals surface area (Å²) < 4.78 is 0. The average Bonchev–Trinajstić information content (AvgIpc) is 3.06. The first kappa shape index (κ1) is 12.1. The smallest absolute Gasteiger partial charge is 0.0521 e. The van der Waals surface area contributed by atoms with Crippen LogP contribution in [-0.4, -0.2) is 9.97 Å². The van der Waals surface area contributed by atoms with Crippen LogP contribution in [0.2, 0.25) is 0 Å². The Balaban J connectivity index is 1.92. The Labute approximate surface area is 129 Å². The van der Waals surface area contributed by atoms with Crippen LogP contribution >= 0.6 is 0 Å². The Morgan fingerprint density at radius 3 is 2.23 bits per heavy atom. The summed E-state index contributed by atoms with van der Waals surface area (Å²) >= 11 is 0. The Morgan fingerprint density at radius 2 is 1.36 bits per heavy atom. The summed E-state index contributed by atoms with van der Waals surface area (Å²) in [5.74, 6) is 0. The third kappa shape index (κ3) is 1.61. The number of aromatic amines is 2. The zero-order valence-electron chi connectivity index (χ0n) is 12.4. The molecule has 5 rings (SSSR count). The number of hydrogen-bond donors (Lipinski definition) is 2. The lowest BCUT2D eigenvalue weighted by molar-refractivity contribution is 0.723. The summed E-state index contributed by atoms with van der Waals surface area (Å²) in [6.07, 6.45) is 4.81. The normalized spacial score (nSPS) is 14.5. The van der Waals surface area contributed by atoms with Crippen molar-refractivity contribution in [2.24, 2.45) is 0 Å². The predicted molar refractivity (Wildman–Crippen MR) is 92.2 cm³/mol. The molecule has 1 aliphatic carbocycles. The minimum atomic E-state index is 1.14. The van der Waals surface area contributed by atoms with E-state index in [0.717, 1.165) is 12.8 Å². The number of H-pyrrole nitrogens is 2. The van der Waals surface area contributed by atoms with Gasteiger partial charge in [0, 0.05) is 33.1 Å². The first-order chi connectivity index (χ1) is 10.9. The Bertz CT molecular complexity index is 987. The molecule has 108 valence electrons. The molecule has 2 aromatic carbocycles. The van der Waals surface area contributed by atoms with E-state index in [1.807, 2.05) is 0 Å². The van der Waals surface area contributed by atoms with Gasteiger partial charge in [0.25, 0.3) is 0 Å². The largest absolute Gasteiger partial charge is 0.358 e. The molecule has 0 spiro atoms. The van der Waals surface area contributed by atoms with Crippen molar-refractivity contribution in [1.82, 2.24) is 9.97 Å². The summed E-state index contributed by atoms with van der Waals surface area (Å²) in [4.78, 5) is 7.35. The van der Waals surface area contributed by atoms with Gasteiger partial charge < -0.3 is 9.97 Å². The van der Waals surface area contributed by atoms with Gasteiger partial charge in [0.05, 0.1) is 5.69 Å². The van der Waals surface area contributed by atoms with Crippen LogP contribution in [0.25, 0.3) is 33.1 Å². The van der Waals surface area contributed by atoms with Crippen molar-refractivity contribution < 1.29 is 0 Å². The van der Waals surface area contributed by atoms with Gasteiger partial charge in [-0.2, -0.15) is 0 Å². The van der Waals surface area contributed by atoms with Crippen LogP contribution in [0.3, 0.4) is 0 Å². The first-order valence-electron chi connectivity index (χ1n) is 8.11. The molecule has 1 aliphatic rings. The maximum absolute atomic E-state index is 3.70. The number of fused-ring (bicyclic) bond motifs is 7. The maximum atomic E-state index is 3.70. The lowest BCUT2D eigenvalue weighted by atomic mass is 9.93. The van der Waals surface area contributed by atoms with Crippen LogP contribution in [0.1, 0.15) is 24.1 Å². The van der Waals surface area contributed by atoms with Crippen molar-refractivity contribution in [2.75, 3.05) is 0 Å². The second kappa shape index (κ2) is 4.51. The second-order valence-electron chi connectivity index (χ2n) is 6.26. The Kier molecular flexibility index (Phi) is 2.48. The van der Waals surface area contributed by atoms with Crippen molar-refractivity contribution >= 4 is 21.8 Å². The van der Waals surface area contributed by atoms with E-state index in [2.05, 4.69) is 58.5 Å². The molecule has 0 bridgehead atoms. The molecule has 0 saturated carbocycles. The highest BCUT2D eigenvalue weighted by molar-refractivity contribution is 6.01. The number of nitrogens with one attached hydrogen (secondary N) is 2. The molecular formula is C20H18N2. The van der Waals surface area contributed by atoms with Gasteiger partial charge in [0.2, 0.25) is 0 Å².